The molecule has 0 amide bonds. The van der Waals surface area contributed by atoms with Crippen molar-refractivity contribution in [3.63, 3.8) is 0 Å². The molecule has 0 heterocycles. The number of methoxy groups -OCH3 is 1. The Balaban J connectivity index is 1.74. The molecule has 2 aliphatic rings. The third-order valence-corrected chi connectivity index (χ3v) is 5.04. The van der Waals surface area contributed by atoms with Crippen LogP contribution in [-0.2, 0) is 5.41 Å². The molecule has 3 rings (SSSR count). The van der Waals surface area contributed by atoms with E-state index in [0.29, 0.717) is 5.41 Å². The molecule has 0 atom stereocenters. The minimum Gasteiger partial charge on any atom is -0.497 e. The summed E-state index contributed by atoms with van der Waals surface area (Å²) in [5.74, 6) is 1.92. The maximum atomic E-state index is 5.41. The largest absolute Gasteiger partial charge is 0.497 e. The lowest BCUT2D eigenvalue weighted by atomic mass is 9.57. The van der Waals surface area contributed by atoms with E-state index < -0.39 is 0 Å². The molecule has 20 heavy (non-hydrogen) atoms. The van der Waals surface area contributed by atoms with E-state index in [9.17, 15) is 0 Å². The Kier molecular flexibility index (Phi) is 4.02. The first-order chi connectivity index (χ1) is 9.75. The molecule has 2 aliphatic carbocycles. The van der Waals surface area contributed by atoms with Gasteiger partial charge in [0, 0.05) is 18.0 Å². The van der Waals surface area contributed by atoms with Crippen molar-refractivity contribution >= 4 is 0 Å². The maximum Gasteiger partial charge on any atom is 0.119 e. The van der Waals surface area contributed by atoms with Crippen LogP contribution in [0, 0.1) is 5.92 Å². The van der Waals surface area contributed by atoms with Crippen molar-refractivity contribution in [1.29, 1.82) is 0 Å². The summed E-state index contributed by atoms with van der Waals surface area (Å²) in [5, 5.41) is 3.76. The third-order valence-electron chi connectivity index (χ3n) is 5.04. The fourth-order valence-electron chi connectivity index (χ4n) is 3.72. The van der Waals surface area contributed by atoms with Crippen LogP contribution in [-0.4, -0.2) is 19.7 Å². The minimum absolute atomic E-state index is 0.358. The van der Waals surface area contributed by atoms with E-state index in [4.69, 9.17) is 4.74 Å². The molecule has 1 N–H and O–H groups in total. The van der Waals surface area contributed by atoms with E-state index in [-0.39, 0.29) is 0 Å². The second-order valence-corrected chi connectivity index (χ2v) is 6.73. The van der Waals surface area contributed by atoms with Crippen LogP contribution in [0.25, 0.3) is 0 Å². The van der Waals surface area contributed by atoms with Crippen LogP contribution in [0.2, 0.25) is 0 Å². The van der Waals surface area contributed by atoms with Gasteiger partial charge in [-0.05, 0) is 49.3 Å². The predicted molar refractivity (Wildman–Crippen MR) is 83.3 cm³/mol. The number of rotatable bonds is 7. The van der Waals surface area contributed by atoms with Gasteiger partial charge in [-0.25, -0.2) is 0 Å². The van der Waals surface area contributed by atoms with Gasteiger partial charge in [0.15, 0.2) is 0 Å². The zero-order chi connectivity index (χ0) is 14.0. The van der Waals surface area contributed by atoms with Gasteiger partial charge in [0.05, 0.1) is 7.11 Å². The molecule has 0 aromatic heterocycles. The average Bonchev–Trinajstić information content (AvgIpc) is 3.25. The van der Waals surface area contributed by atoms with Crippen molar-refractivity contribution < 1.29 is 4.74 Å². The molecule has 0 radical (unpaired) electrons. The summed E-state index contributed by atoms with van der Waals surface area (Å²) in [4.78, 5) is 0. The molecule has 1 aromatic carbocycles. The van der Waals surface area contributed by atoms with Crippen molar-refractivity contribution in [3.05, 3.63) is 29.8 Å². The Morgan fingerprint density at radius 1 is 1.30 bits per heavy atom. The molecule has 2 fully saturated rings. The Bertz CT molecular complexity index is 446. The summed E-state index contributed by atoms with van der Waals surface area (Å²) < 4.78 is 5.41. The quantitative estimate of drug-likeness (QED) is 0.813. The summed E-state index contributed by atoms with van der Waals surface area (Å²) in [6, 6.07) is 9.52. The normalized spacial score (nSPS) is 29.0. The first-order valence-corrected chi connectivity index (χ1v) is 8.13. The van der Waals surface area contributed by atoms with Gasteiger partial charge in [0.25, 0.3) is 0 Å². The van der Waals surface area contributed by atoms with E-state index in [1.807, 2.05) is 6.07 Å². The van der Waals surface area contributed by atoms with Crippen LogP contribution in [0.3, 0.4) is 0 Å². The van der Waals surface area contributed by atoms with Crippen LogP contribution in [0.5, 0.6) is 5.75 Å². The monoisotopic (exact) mass is 273 g/mol. The fourth-order valence-corrected chi connectivity index (χ4v) is 3.72. The van der Waals surface area contributed by atoms with Gasteiger partial charge < -0.3 is 10.1 Å². The molecule has 110 valence electrons. The Hall–Kier alpha value is -1.02. The third kappa shape index (κ3) is 2.85. The second kappa shape index (κ2) is 5.77. The Morgan fingerprint density at radius 3 is 2.75 bits per heavy atom. The van der Waals surface area contributed by atoms with Crippen LogP contribution in [0.1, 0.15) is 51.0 Å². The number of ether oxygens (including phenoxy) is 1. The first kappa shape index (κ1) is 13.9. The van der Waals surface area contributed by atoms with E-state index >= 15 is 0 Å². The van der Waals surface area contributed by atoms with E-state index in [2.05, 4.69) is 30.4 Å². The molecule has 2 nitrogen and oxygen atoms in total. The topological polar surface area (TPSA) is 21.3 Å². The molecule has 0 aliphatic heterocycles. The van der Waals surface area contributed by atoms with Crippen LogP contribution in [0.15, 0.2) is 24.3 Å². The van der Waals surface area contributed by atoms with E-state index in [0.717, 1.165) is 24.3 Å². The fraction of sp³-hybridized carbons (Fsp3) is 0.667. The van der Waals surface area contributed by atoms with Gasteiger partial charge in [0.1, 0.15) is 5.75 Å². The number of nitrogens with one attached hydrogen (secondary N) is 1. The van der Waals surface area contributed by atoms with Crippen molar-refractivity contribution in [2.75, 3.05) is 13.7 Å². The first-order valence-electron chi connectivity index (χ1n) is 8.13. The number of hydrogen-bond donors (Lipinski definition) is 1. The summed E-state index contributed by atoms with van der Waals surface area (Å²) in [7, 11) is 1.76. The predicted octanol–water partition coefficient (Wildman–Crippen LogP) is 3.90. The van der Waals surface area contributed by atoms with Crippen molar-refractivity contribution in [2.45, 2.75) is 56.9 Å². The highest BCUT2D eigenvalue weighted by atomic mass is 16.5. The van der Waals surface area contributed by atoms with E-state index in [1.165, 1.54) is 44.1 Å². The zero-order valence-electron chi connectivity index (χ0n) is 12.8. The standard InChI is InChI=1S/C18H27NO/c1-3-5-14-11-18(12-14,13-19-16-8-9-16)15-6-4-7-17(10-15)20-2/h4,6-7,10,14,16,19H,3,5,8-9,11-13H2,1-2H3. The van der Waals surface area contributed by atoms with Crippen LogP contribution in [0.4, 0.5) is 0 Å². The maximum absolute atomic E-state index is 5.41. The Labute approximate surface area is 122 Å². The zero-order valence-corrected chi connectivity index (χ0v) is 12.8. The molecule has 2 heteroatoms. The molecule has 1 aromatic rings. The highest BCUT2D eigenvalue weighted by molar-refractivity contribution is 5.36. The van der Waals surface area contributed by atoms with Crippen molar-refractivity contribution in [2.24, 2.45) is 5.92 Å². The summed E-state index contributed by atoms with van der Waals surface area (Å²) >= 11 is 0. The molecule has 2 saturated carbocycles. The smallest absolute Gasteiger partial charge is 0.119 e. The average molecular weight is 273 g/mol. The summed E-state index contributed by atoms with van der Waals surface area (Å²) in [6.07, 6.45) is 8.12. The number of benzene rings is 1. The number of hydrogen-bond acceptors (Lipinski definition) is 2. The van der Waals surface area contributed by atoms with Crippen LogP contribution >= 0.6 is 0 Å². The Morgan fingerprint density at radius 2 is 2.10 bits per heavy atom. The van der Waals surface area contributed by atoms with Gasteiger partial charge in [0.2, 0.25) is 0 Å². The SMILES string of the molecule is CCCC1CC(CNC2CC2)(c2cccc(OC)c2)C1. The lowest BCUT2D eigenvalue weighted by Gasteiger charge is -2.49. The second-order valence-electron chi connectivity index (χ2n) is 6.73. The van der Waals surface area contributed by atoms with Crippen molar-refractivity contribution in [1.82, 2.24) is 5.32 Å². The van der Waals surface area contributed by atoms with Crippen molar-refractivity contribution in [3.8, 4) is 5.75 Å². The highest BCUT2D eigenvalue weighted by Gasteiger charge is 2.45. The van der Waals surface area contributed by atoms with Gasteiger partial charge in [-0.2, -0.15) is 0 Å². The molecule has 0 bridgehead atoms. The van der Waals surface area contributed by atoms with E-state index in [1.54, 1.807) is 7.11 Å². The lowest BCUT2D eigenvalue weighted by Crippen LogP contribution is -2.49. The van der Waals surface area contributed by atoms with Gasteiger partial charge >= 0.3 is 0 Å². The lowest BCUT2D eigenvalue weighted by molar-refractivity contribution is 0.128. The molecule has 0 spiro atoms. The molecule has 0 unspecified atom stereocenters. The van der Waals surface area contributed by atoms with Gasteiger partial charge in [-0.1, -0.05) is 31.9 Å². The van der Waals surface area contributed by atoms with Gasteiger partial charge in [-0.3, -0.25) is 0 Å². The molecule has 0 saturated heterocycles. The molecular weight excluding hydrogens is 246 g/mol. The van der Waals surface area contributed by atoms with Crippen LogP contribution < -0.4 is 10.1 Å². The summed E-state index contributed by atoms with van der Waals surface area (Å²) in [5.41, 5.74) is 1.83. The molecular formula is C18H27NO. The minimum atomic E-state index is 0.358. The van der Waals surface area contributed by atoms with Gasteiger partial charge in [-0.15, -0.1) is 0 Å². The summed E-state index contributed by atoms with van der Waals surface area (Å²) in [6.45, 7) is 3.44. The highest BCUT2D eigenvalue weighted by Crippen LogP contribution is 2.50.